The minimum atomic E-state index is -0.172. The van der Waals surface area contributed by atoms with Crippen molar-refractivity contribution in [2.45, 2.75) is 33.2 Å². The number of aryl methyl sites for hydroxylation is 2. The van der Waals surface area contributed by atoms with Gasteiger partial charge in [-0.1, -0.05) is 22.9 Å². The Bertz CT molecular complexity index is 594. The average molecular weight is 340 g/mol. The summed E-state index contributed by atoms with van der Waals surface area (Å²) in [4.78, 5) is 0. The quantitative estimate of drug-likeness (QED) is 0.854. The summed E-state index contributed by atoms with van der Waals surface area (Å²) < 4.78 is 20.4. The maximum atomic E-state index is 13.9. The molecule has 0 aliphatic carbocycles. The standard InChI is InChI=1S/C16H19BrFNO/c1-4-19-16(14-7-10(2)20-11(14)3)9-12-8-13(17)5-6-15(12)18/h5-8,16,19H,4,9H2,1-3H3. The molecule has 0 amide bonds. The van der Waals surface area contributed by atoms with Gasteiger partial charge in [0.2, 0.25) is 0 Å². The van der Waals surface area contributed by atoms with Gasteiger partial charge in [0.1, 0.15) is 17.3 Å². The lowest BCUT2D eigenvalue weighted by Crippen LogP contribution is -2.23. The van der Waals surface area contributed by atoms with E-state index in [2.05, 4.69) is 21.2 Å². The minimum Gasteiger partial charge on any atom is -0.466 e. The first-order valence-electron chi connectivity index (χ1n) is 6.75. The molecule has 1 aromatic heterocycles. The molecule has 1 N–H and O–H groups in total. The number of hydrogen-bond acceptors (Lipinski definition) is 2. The molecule has 0 bridgehead atoms. The molecule has 2 rings (SSSR count). The van der Waals surface area contributed by atoms with Crippen molar-refractivity contribution in [3.63, 3.8) is 0 Å². The molecule has 0 spiro atoms. The van der Waals surface area contributed by atoms with Crippen LogP contribution in [0.1, 0.15) is 35.6 Å². The first-order valence-corrected chi connectivity index (χ1v) is 7.54. The summed E-state index contributed by atoms with van der Waals surface area (Å²) in [5, 5.41) is 3.41. The normalized spacial score (nSPS) is 12.7. The molecule has 0 aliphatic rings. The number of nitrogens with one attached hydrogen (secondary N) is 1. The van der Waals surface area contributed by atoms with Crippen LogP contribution >= 0.6 is 15.9 Å². The lowest BCUT2D eigenvalue weighted by molar-refractivity contribution is 0.481. The summed E-state index contributed by atoms with van der Waals surface area (Å²) in [6, 6.07) is 7.13. The average Bonchev–Trinajstić information content (AvgIpc) is 2.72. The maximum absolute atomic E-state index is 13.9. The fraction of sp³-hybridized carbons (Fsp3) is 0.375. The van der Waals surface area contributed by atoms with Crippen molar-refractivity contribution in [2.75, 3.05) is 6.54 Å². The summed E-state index contributed by atoms with van der Waals surface area (Å²) in [5.41, 5.74) is 1.80. The van der Waals surface area contributed by atoms with Crippen molar-refractivity contribution in [2.24, 2.45) is 0 Å². The Morgan fingerprint density at radius 2 is 2.05 bits per heavy atom. The van der Waals surface area contributed by atoms with Gasteiger partial charge in [-0.3, -0.25) is 0 Å². The van der Waals surface area contributed by atoms with Crippen molar-refractivity contribution in [1.29, 1.82) is 0 Å². The molecule has 1 atom stereocenters. The fourth-order valence-electron chi connectivity index (χ4n) is 2.45. The lowest BCUT2D eigenvalue weighted by Gasteiger charge is -2.18. The molecular formula is C16H19BrFNO. The molecule has 0 fully saturated rings. The summed E-state index contributed by atoms with van der Waals surface area (Å²) in [5.74, 6) is 1.60. The lowest BCUT2D eigenvalue weighted by atomic mass is 9.98. The van der Waals surface area contributed by atoms with Gasteiger partial charge < -0.3 is 9.73 Å². The highest BCUT2D eigenvalue weighted by molar-refractivity contribution is 9.10. The Kier molecular flexibility index (Phi) is 5.00. The number of rotatable bonds is 5. The Hall–Kier alpha value is -1.13. The zero-order valence-electron chi connectivity index (χ0n) is 12.0. The van der Waals surface area contributed by atoms with E-state index >= 15 is 0 Å². The van der Waals surface area contributed by atoms with Gasteiger partial charge in [-0.2, -0.15) is 0 Å². The topological polar surface area (TPSA) is 25.2 Å². The number of halogens is 2. The first kappa shape index (κ1) is 15.3. The van der Waals surface area contributed by atoms with E-state index < -0.39 is 0 Å². The van der Waals surface area contributed by atoms with Gasteiger partial charge in [0.05, 0.1) is 0 Å². The van der Waals surface area contributed by atoms with E-state index in [1.165, 1.54) is 6.07 Å². The Labute approximate surface area is 127 Å². The third-order valence-electron chi connectivity index (χ3n) is 3.34. The van der Waals surface area contributed by atoms with Crippen LogP contribution in [0.3, 0.4) is 0 Å². The Morgan fingerprint density at radius 1 is 1.30 bits per heavy atom. The van der Waals surface area contributed by atoms with Crippen LogP contribution in [-0.4, -0.2) is 6.54 Å². The molecule has 1 aromatic carbocycles. The van der Waals surface area contributed by atoms with E-state index in [1.807, 2.05) is 32.9 Å². The van der Waals surface area contributed by atoms with E-state index in [0.29, 0.717) is 12.0 Å². The highest BCUT2D eigenvalue weighted by Gasteiger charge is 2.18. The van der Waals surface area contributed by atoms with Crippen LogP contribution in [-0.2, 0) is 6.42 Å². The summed E-state index contributed by atoms with van der Waals surface area (Å²) in [7, 11) is 0. The highest BCUT2D eigenvalue weighted by Crippen LogP contribution is 2.27. The molecule has 1 unspecified atom stereocenters. The van der Waals surface area contributed by atoms with Gasteiger partial charge in [-0.05, 0) is 56.6 Å². The van der Waals surface area contributed by atoms with Crippen LogP contribution in [0, 0.1) is 19.7 Å². The first-order chi connectivity index (χ1) is 9.51. The van der Waals surface area contributed by atoms with Gasteiger partial charge >= 0.3 is 0 Å². The maximum Gasteiger partial charge on any atom is 0.126 e. The van der Waals surface area contributed by atoms with Gasteiger partial charge in [0, 0.05) is 16.1 Å². The molecule has 0 saturated heterocycles. The third-order valence-corrected chi connectivity index (χ3v) is 3.83. The van der Waals surface area contributed by atoms with E-state index in [-0.39, 0.29) is 11.9 Å². The Balaban J connectivity index is 2.30. The molecule has 4 heteroatoms. The van der Waals surface area contributed by atoms with Crippen molar-refractivity contribution in [3.8, 4) is 0 Å². The summed E-state index contributed by atoms with van der Waals surface area (Å²) in [6.07, 6.45) is 0.596. The number of likely N-dealkylation sites (N-methyl/N-ethyl adjacent to an activating group) is 1. The van der Waals surface area contributed by atoms with Crippen molar-refractivity contribution >= 4 is 15.9 Å². The molecule has 0 radical (unpaired) electrons. The van der Waals surface area contributed by atoms with Crippen LogP contribution in [0.4, 0.5) is 4.39 Å². The molecule has 20 heavy (non-hydrogen) atoms. The van der Waals surface area contributed by atoms with Crippen molar-refractivity contribution in [1.82, 2.24) is 5.32 Å². The van der Waals surface area contributed by atoms with Crippen molar-refractivity contribution in [3.05, 3.63) is 57.2 Å². The van der Waals surface area contributed by atoms with Crippen LogP contribution < -0.4 is 5.32 Å². The predicted octanol–water partition coefficient (Wildman–Crippen LogP) is 4.69. The van der Waals surface area contributed by atoms with Gasteiger partial charge in [0.25, 0.3) is 0 Å². The molecule has 1 heterocycles. The minimum absolute atomic E-state index is 0.0567. The van der Waals surface area contributed by atoms with Gasteiger partial charge in [-0.15, -0.1) is 0 Å². The van der Waals surface area contributed by atoms with Gasteiger partial charge in [0.15, 0.2) is 0 Å². The molecule has 0 aliphatic heterocycles. The predicted molar refractivity (Wildman–Crippen MR) is 82.4 cm³/mol. The van der Waals surface area contributed by atoms with Gasteiger partial charge in [-0.25, -0.2) is 4.39 Å². The largest absolute Gasteiger partial charge is 0.466 e. The molecular weight excluding hydrogens is 321 g/mol. The van der Waals surface area contributed by atoms with Crippen LogP contribution in [0.2, 0.25) is 0 Å². The van der Waals surface area contributed by atoms with Crippen LogP contribution in [0.25, 0.3) is 0 Å². The number of furan rings is 1. The summed E-state index contributed by atoms with van der Waals surface area (Å²) >= 11 is 3.39. The van der Waals surface area contributed by atoms with Crippen LogP contribution in [0.15, 0.2) is 33.2 Å². The molecule has 108 valence electrons. The third kappa shape index (κ3) is 3.49. The Morgan fingerprint density at radius 3 is 2.65 bits per heavy atom. The zero-order chi connectivity index (χ0) is 14.7. The molecule has 0 saturated carbocycles. The molecule has 2 aromatic rings. The second-order valence-corrected chi connectivity index (χ2v) is 5.83. The highest BCUT2D eigenvalue weighted by atomic mass is 79.9. The van der Waals surface area contributed by atoms with Crippen LogP contribution in [0.5, 0.6) is 0 Å². The van der Waals surface area contributed by atoms with Crippen molar-refractivity contribution < 1.29 is 8.81 Å². The molecule has 2 nitrogen and oxygen atoms in total. The SMILES string of the molecule is CCNC(Cc1cc(Br)ccc1F)c1cc(C)oc1C. The summed E-state index contributed by atoms with van der Waals surface area (Å²) in [6.45, 7) is 6.75. The van der Waals surface area contributed by atoms with E-state index in [9.17, 15) is 4.39 Å². The smallest absolute Gasteiger partial charge is 0.126 e. The fourth-order valence-corrected chi connectivity index (χ4v) is 2.86. The monoisotopic (exact) mass is 339 g/mol. The number of hydrogen-bond donors (Lipinski definition) is 1. The second kappa shape index (κ2) is 6.55. The zero-order valence-corrected chi connectivity index (χ0v) is 13.6. The van der Waals surface area contributed by atoms with E-state index in [4.69, 9.17) is 4.42 Å². The van der Waals surface area contributed by atoms with E-state index in [0.717, 1.165) is 28.1 Å². The second-order valence-electron chi connectivity index (χ2n) is 4.92. The van der Waals surface area contributed by atoms with E-state index in [1.54, 1.807) is 6.07 Å². The number of benzene rings is 1.